The highest BCUT2D eigenvalue weighted by Gasteiger charge is 2.21. The average molecular weight is 240 g/mol. The minimum Gasteiger partial charge on any atom is -0.391 e. The number of aliphatic hydroxyl groups excluding tert-OH is 1. The molecule has 1 aliphatic rings. The molecular weight excluding hydrogens is 227 g/mol. The smallest absolute Gasteiger partial charge is 0.272 e. The van der Waals surface area contributed by atoms with Crippen LogP contribution in [0.4, 0.5) is 15.8 Å². The molecule has 1 atom stereocenters. The lowest BCUT2D eigenvalue weighted by Crippen LogP contribution is -2.38. The quantitative estimate of drug-likeness (QED) is 0.631. The molecule has 0 spiro atoms. The molecule has 1 aliphatic heterocycles. The van der Waals surface area contributed by atoms with E-state index in [9.17, 15) is 19.6 Å². The third-order valence-corrected chi connectivity index (χ3v) is 2.88. The average Bonchev–Trinajstić information content (AvgIpc) is 2.28. The molecule has 92 valence electrons. The number of hydrogen-bond donors (Lipinski definition) is 1. The summed E-state index contributed by atoms with van der Waals surface area (Å²) >= 11 is 0. The molecule has 17 heavy (non-hydrogen) atoms. The largest absolute Gasteiger partial charge is 0.391 e. The summed E-state index contributed by atoms with van der Waals surface area (Å²) in [4.78, 5) is 11.6. The molecule has 1 aromatic carbocycles. The lowest BCUT2D eigenvalue weighted by molar-refractivity contribution is -0.385. The molecule has 6 heteroatoms. The Labute approximate surface area is 97.6 Å². The van der Waals surface area contributed by atoms with Crippen molar-refractivity contribution in [3.05, 3.63) is 34.1 Å². The van der Waals surface area contributed by atoms with E-state index in [1.54, 1.807) is 4.90 Å². The second kappa shape index (κ2) is 4.67. The number of nitro groups is 1. The molecule has 0 saturated carbocycles. The number of halogens is 1. The standard InChI is InChI=1S/C11H13FN2O3/c12-10-6-8(14(16)17)3-4-11(10)13-5-1-2-9(15)7-13/h3-4,6,9,15H,1-2,5,7H2/t9-/m1/s1. The topological polar surface area (TPSA) is 66.6 Å². The van der Waals surface area contributed by atoms with E-state index in [4.69, 9.17) is 0 Å². The van der Waals surface area contributed by atoms with Gasteiger partial charge < -0.3 is 10.0 Å². The Kier molecular flexibility index (Phi) is 3.23. The lowest BCUT2D eigenvalue weighted by atomic mass is 10.1. The van der Waals surface area contributed by atoms with Crippen LogP contribution < -0.4 is 4.90 Å². The van der Waals surface area contributed by atoms with E-state index in [1.165, 1.54) is 12.1 Å². The van der Waals surface area contributed by atoms with E-state index >= 15 is 0 Å². The van der Waals surface area contributed by atoms with Crippen LogP contribution in [0.15, 0.2) is 18.2 Å². The van der Waals surface area contributed by atoms with Crippen LogP contribution in [-0.4, -0.2) is 29.2 Å². The Balaban J connectivity index is 2.23. The molecule has 1 saturated heterocycles. The van der Waals surface area contributed by atoms with E-state index < -0.39 is 16.8 Å². The van der Waals surface area contributed by atoms with Gasteiger partial charge in [-0.15, -0.1) is 0 Å². The zero-order chi connectivity index (χ0) is 12.4. The summed E-state index contributed by atoms with van der Waals surface area (Å²) in [5.41, 5.74) is 0.0538. The first-order valence-corrected chi connectivity index (χ1v) is 5.45. The SMILES string of the molecule is O=[N+]([O-])c1ccc(N2CCC[C@@H](O)C2)c(F)c1. The summed E-state index contributed by atoms with van der Waals surface area (Å²) < 4.78 is 13.7. The van der Waals surface area contributed by atoms with Gasteiger partial charge in [0.1, 0.15) is 0 Å². The van der Waals surface area contributed by atoms with Gasteiger partial charge in [0.05, 0.1) is 22.8 Å². The van der Waals surface area contributed by atoms with Crippen molar-refractivity contribution >= 4 is 11.4 Å². The first-order valence-electron chi connectivity index (χ1n) is 5.45. The van der Waals surface area contributed by atoms with Crippen molar-refractivity contribution in [2.24, 2.45) is 0 Å². The number of rotatable bonds is 2. The summed E-state index contributed by atoms with van der Waals surface area (Å²) in [6.45, 7) is 1.03. The van der Waals surface area contributed by atoms with Gasteiger partial charge in [0.2, 0.25) is 0 Å². The third-order valence-electron chi connectivity index (χ3n) is 2.88. The molecule has 0 radical (unpaired) electrons. The zero-order valence-electron chi connectivity index (χ0n) is 9.17. The van der Waals surface area contributed by atoms with Crippen molar-refractivity contribution in [3.63, 3.8) is 0 Å². The fourth-order valence-corrected chi connectivity index (χ4v) is 2.04. The Bertz CT molecular complexity index is 439. The minimum absolute atomic E-state index is 0.260. The fraction of sp³-hybridized carbons (Fsp3) is 0.455. The number of piperidine rings is 1. The number of nitro benzene ring substituents is 1. The molecule has 5 nitrogen and oxygen atoms in total. The predicted molar refractivity (Wildman–Crippen MR) is 60.5 cm³/mol. The first kappa shape index (κ1) is 11.8. The number of benzene rings is 1. The van der Waals surface area contributed by atoms with E-state index in [0.717, 1.165) is 12.5 Å². The summed E-state index contributed by atoms with van der Waals surface area (Å²) in [6, 6.07) is 3.58. The molecule has 0 unspecified atom stereocenters. The van der Waals surface area contributed by atoms with Gasteiger partial charge in [0.15, 0.2) is 5.82 Å². The van der Waals surface area contributed by atoms with Gasteiger partial charge >= 0.3 is 0 Å². The van der Waals surface area contributed by atoms with Crippen molar-refractivity contribution in [2.75, 3.05) is 18.0 Å². The molecule has 0 bridgehead atoms. The Morgan fingerprint density at radius 3 is 2.88 bits per heavy atom. The van der Waals surface area contributed by atoms with Gasteiger partial charge in [-0.25, -0.2) is 4.39 Å². The molecule has 2 rings (SSSR count). The van der Waals surface area contributed by atoms with Crippen LogP contribution in [-0.2, 0) is 0 Å². The van der Waals surface area contributed by atoms with E-state index in [0.29, 0.717) is 25.2 Å². The molecule has 1 aromatic rings. The highest BCUT2D eigenvalue weighted by Crippen LogP contribution is 2.26. The van der Waals surface area contributed by atoms with Crippen molar-refractivity contribution in [1.29, 1.82) is 0 Å². The molecule has 0 aromatic heterocycles. The van der Waals surface area contributed by atoms with Crippen molar-refractivity contribution in [3.8, 4) is 0 Å². The molecule has 0 amide bonds. The van der Waals surface area contributed by atoms with Gasteiger partial charge in [-0.3, -0.25) is 10.1 Å². The summed E-state index contributed by atoms with van der Waals surface area (Å²) in [7, 11) is 0. The molecule has 1 N–H and O–H groups in total. The summed E-state index contributed by atoms with van der Waals surface area (Å²) in [5, 5.41) is 20.0. The van der Waals surface area contributed by atoms with Crippen LogP contribution in [0.2, 0.25) is 0 Å². The number of aliphatic hydroxyl groups is 1. The van der Waals surface area contributed by atoms with Crippen molar-refractivity contribution in [2.45, 2.75) is 18.9 Å². The Morgan fingerprint density at radius 2 is 2.29 bits per heavy atom. The van der Waals surface area contributed by atoms with Crippen molar-refractivity contribution in [1.82, 2.24) is 0 Å². The van der Waals surface area contributed by atoms with Gasteiger partial charge in [-0.1, -0.05) is 0 Å². The number of anilines is 1. The minimum atomic E-state index is -0.627. The highest BCUT2D eigenvalue weighted by molar-refractivity contribution is 5.52. The lowest BCUT2D eigenvalue weighted by Gasteiger charge is -2.32. The van der Waals surface area contributed by atoms with Crippen LogP contribution in [0.1, 0.15) is 12.8 Å². The number of nitrogens with zero attached hydrogens (tertiary/aromatic N) is 2. The highest BCUT2D eigenvalue weighted by atomic mass is 19.1. The van der Waals surface area contributed by atoms with Gasteiger partial charge in [0.25, 0.3) is 5.69 Å². The van der Waals surface area contributed by atoms with Crippen LogP contribution >= 0.6 is 0 Å². The monoisotopic (exact) mass is 240 g/mol. The normalized spacial score (nSPS) is 20.4. The van der Waals surface area contributed by atoms with Gasteiger partial charge in [-0.2, -0.15) is 0 Å². The second-order valence-electron chi connectivity index (χ2n) is 4.13. The maximum absolute atomic E-state index is 13.7. The first-order chi connectivity index (χ1) is 8.08. The number of non-ortho nitro benzene ring substituents is 1. The zero-order valence-corrected chi connectivity index (χ0v) is 9.17. The number of β-amino-alcohol motifs (C(OH)–C–C–N with tert-alkyl or cyclic N) is 1. The predicted octanol–water partition coefficient (Wildman–Crippen LogP) is 1.70. The summed E-state index contributed by atoms with van der Waals surface area (Å²) in [6.07, 6.45) is 1.04. The van der Waals surface area contributed by atoms with Crippen LogP contribution in [0.5, 0.6) is 0 Å². The van der Waals surface area contributed by atoms with Crippen LogP contribution in [0.25, 0.3) is 0 Å². The van der Waals surface area contributed by atoms with E-state index in [1.807, 2.05) is 0 Å². The Morgan fingerprint density at radius 1 is 1.53 bits per heavy atom. The molecule has 1 heterocycles. The van der Waals surface area contributed by atoms with Crippen LogP contribution in [0.3, 0.4) is 0 Å². The van der Waals surface area contributed by atoms with Crippen molar-refractivity contribution < 1.29 is 14.4 Å². The molecular formula is C11H13FN2O3. The van der Waals surface area contributed by atoms with Gasteiger partial charge in [-0.05, 0) is 18.9 Å². The van der Waals surface area contributed by atoms with Crippen LogP contribution in [0, 0.1) is 15.9 Å². The molecule has 1 fully saturated rings. The number of hydrogen-bond acceptors (Lipinski definition) is 4. The van der Waals surface area contributed by atoms with Gasteiger partial charge in [0, 0.05) is 19.2 Å². The maximum Gasteiger partial charge on any atom is 0.272 e. The Hall–Kier alpha value is -1.69. The fourth-order valence-electron chi connectivity index (χ4n) is 2.04. The maximum atomic E-state index is 13.7. The molecule has 0 aliphatic carbocycles. The summed E-state index contributed by atoms with van der Waals surface area (Å²) in [5.74, 6) is -0.617. The third kappa shape index (κ3) is 2.52. The van der Waals surface area contributed by atoms with E-state index in [2.05, 4.69) is 0 Å². The van der Waals surface area contributed by atoms with E-state index in [-0.39, 0.29) is 5.69 Å². The second-order valence-corrected chi connectivity index (χ2v) is 4.13.